The summed E-state index contributed by atoms with van der Waals surface area (Å²) in [5, 5.41) is 0. The molecule has 0 N–H and O–H groups in total. The number of carbonyl (C=O) groups is 1. The SMILES string of the molecule is Cc1cccc(C(=O)N(C)c2ccc(Br)c(C)c2)c1. The molecule has 98 valence electrons. The third-order valence-corrected chi connectivity index (χ3v) is 3.99. The van der Waals surface area contributed by atoms with Gasteiger partial charge in [-0.3, -0.25) is 4.79 Å². The molecule has 3 heteroatoms. The van der Waals surface area contributed by atoms with E-state index in [1.54, 1.807) is 11.9 Å². The minimum absolute atomic E-state index is 0.00502. The Bertz CT molecular complexity index is 622. The molecule has 19 heavy (non-hydrogen) atoms. The minimum Gasteiger partial charge on any atom is -0.311 e. The highest BCUT2D eigenvalue weighted by Crippen LogP contribution is 2.23. The van der Waals surface area contributed by atoms with Crippen LogP contribution >= 0.6 is 15.9 Å². The number of hydrogen-bond donors (Lipinski definition) is 0. The third-order valence-electron chi connectivity index (χ3n) is 3.10. The summed E-state index contributed by atoms with van der Waals surface area (Å²) in [4.78, 5) is 14.1. The highest BCUT2D eigenvalue weighted by atomic mass is 79.9. The number of carbonyl (C=O) groups excluding carboxylic acids is 1. The summed E-state index contributed by atoms with van der Waals surface area (Å²) in [5.74, 6) is 0.00502. The van der Waals surface area contributed by atoms with E-state index >= 15 is 0 Å². The van der Waals surface area contributed by atoms with Crippen molar-refractivity contribution in [3.8, 4) is 0 Å². The minimum atomic E-state index is 0.00502. The smallest absolute Gasteiger partial charge is 0.258 e. The lowest BCUT2D eigenvalue weighted by Gasteiger charge is -2.18. The second kappa shape index (κ2) is 5.57. The summed E-state index contributed by atoms with van der Waals surface area (Å²) in [7, 11) is 1.80. The molecule has 0 aliphatic rings. The number of anilines is 1. The van der Waals surface area contributed by atoms with Crippen LogP contribution in [0.15, 0.2) is 46.9 Å². The normalized spacial score (nSPS) is 10.3. The predicted molar refractivity (Wildman–Crippen MR) is 82.8 cm³/mol. The van der Waals surface area contributed by atoms with E-state index in [2.05, 4.69) is 15.9 Å². The van der Waals surface area contributed by atoms with Gasteiger partial charge in [-0.25, -0.2) is 0 Å². The van der Waals surface area contributed by atoms with Gasteiger partial charge in [0, 0.05) is 22.8 Å². The molecule has 0 aliphatic heterocycles. The van der Waals surface area contributed by atoms with Gasteiger partial charge >= 0.3 is 0 Å². The lowest BCUT2D eigenvalue weighted by atomic mass is 10.1. The van der Waals surface area contributed by atoms with Gasteiger partial charge in [0.1, 0.15) is 0 Å². The van der Waals surface area contributed by atoms with Crippen molar-refractivity contribution in [3.05, 3.63) is 63.6 Å². The van der Waals surface area contributed by atoms with Crippen LogP contribution in [0.4, 0.5) is 5.69 Å². The van der Waals surface area contributed by atoms with Crippen LogP contribution in [-0.4, -0.2) is 13.0 Å². The van der Waals surface area contributed by atoms with E-state index in [9.17, 15) is 4.79 Å². The van der Waals surface area contributed by atoms with Gasteiger partial charge in [-0.2, -0.15) is 0 Å². The maximum Gasteiger partial charge on any atom is 0.258 e. The lowest BCUT2D eigenvalue weighted by Crippen LogP contribution is -2.26. The van der Waals surface area contributed by atoms with Gasteiger partial charge in [0.15, 0.2) is 0 Å². The zero-order valence-corrected chi connectivity index (χ0v) is 12.9. The average molecular weight is 318 g/mol. The first kappa shape index (κ1) is 13.8. The molecule has 0 aromatic heterocycles. The Labute approximate surface area is 122 Å². The summed E-state index contributed by atoms with van der Waals surface area (Å²) in [5.41, 5.74) is 3.81. The number of aryl methyl sites for hydroxylation is 2. The van der Waals surface area contributed by atoms with Crippen LogP contribution in [0.3, 0.4) is 0 Å². The first-order chi connectivity index (χ1) is 8.99. The van der Waals surface area contributed by atoms with Crippen molar-refractivity contribution < 1.29 is 4.79 Å². The van der Waals surface area contributed by atoms with Crippen molar-refractivity contribution in [1.82, 2.24) is 0 Å². The highest BCUT2D eigenvalue weighted by molar-refractivity contribution is 9.10. The number of amides is 1. The largest absolute Gasteiger partial charge is 0.311 e. The predicted octanol–water partition coefficient (Wildman–Crippen LogP) is 4.34. The van der Waals surface area contributed by atoms with Gasteiger partial charge in [-0.15, -0.1) is 0 Å². The maximum absolute atomic E-state index is 12.4. The second-order valence-corrected chi connectivity index (χ2v) is 5.52. The van der Waals surface area contributed by atoms with Crippen LogP contribution in [0.1, 0.15) is 21.5 Å². The Morgan fingerprint density at radius 3 is 2.47 bits per heavy atom. The Kier molecular flexibility index (Phi) is 4.05. The summed E-state index contributed by atoms with van der Waals surface area (Å²) >= 11 is 3.47. The molecular weight excluding hydrogens is 302 g/mol. The molecule has 0 saturated heterocycles. The van der Waals surface area contributed by atoms with Crippen molar-refractivity contribution in [2.45, 2.75) is 13.8 Å². The molecule has 0 fully saturated rings. The van der Waals surface area contributed by atoms with Crippen LogP contribution in [0.5, 0.6) is 0 Å². The number of halogens is 1. The van der Waals surface area contributed by atoms with Crippen LogP contribution in [-0.2, 0) is 0 Å². The molecule has 2 nitrogen and oxygen atoms in total. The van der Waals surface area contributed by atoms with Crippen molar-refractivity contribution in [2.75, 3.05) is 11.9 Å². The van der Waals surface area contributed by atoms with Gasteiger partial charge in [0.05, 0.1) is 0 Å². The van der Waals surface area contributed by atoms with Crippen LogP contribution < -0.4 is 4.90 Å². The monoisotopic (exact) mass is 317 g/mol. The summed E-state index contributed by atoms with van der Waals surface area (Å²) in [6, 6.07) is 13.5. The molecule has 0 spiro atoms. The van der Waals surface area contributed by atoms with Gasteiger partial charge in [0.25, 0.3) is 5.91 Å². The number of benzene rings is 2. The molecular formula is C16H16BrNO. The van der Waals surface area contributed by atoms with E-state index in [4.69, 9.17) is 0 Å². The van der Waals surface area contributed by atoms with E-state index < -0.39 is 0 Å². The Morgan fingerprint density at radius 2 is 1.84 bits per heavy atom. The highest BCUT2D eigenvalue weighted by Gasteiger charge is 2.13. The summed E-state index contributed by atoms with van der Waals surface area (Å²) < 4.78 is 1.05. The van der Waals surface area contributed by atoms with E-state index in [1.165, 1.54) is 0 Å². The van der Waals surface area contributed by atoms with E-state index in [-0.39, 0.29) is 5.91 Å². The standard InChI is InChI=1S/C16H16BrNO/c1-11-5-4-6-13(9-11)16(19)18(3)14-7-8-15(17)12(2)10-14/h4-10H,1-3H3. The maximum atomic E-state index is 12.4. The Hall–Kier alpha value is -1.61. The van der Waals surface area contributed by atoms with Gasteiger partial charge in [-0.1, -0.05) is 33.6 Å². The molecule has 2 aromatic carbocycles. The second-order valence-electron chi connectivity index (χ2n) is 4.67. The van der Waals surface area contributed by atoms with Crippen LogP contribution in [0.2, 0.25) is 0 Å². The Morgan fingerprint density at radius 1 is 1.11 bits per heavy atom. The molecule has 2 aromatic rings. The summed E-state index contributed by atoms with van der Waals surface area (Å²) in [6.07, 6.45) is 0. The molecule has 0 unspecified atom stereocenters. The molecule has 0 atom stereocenters. The molecule has 0 bridgehead atoms. The fourth-order valence-electron chi connectivity index (χ4n) is 1.93. The average Bonchev–Trinajstić information content (AvgIpc) is 2.40. The van der Waals surface area contributed by atoms with Gasteiger partial charge < -0.3 is 4.90 Å². The van der Waals surface area contributed by atoms with Gasteiger partial charge in [0.2, 0.25) is 0 Å². The fourth-order valence-corrected chi connectivity index (χ4v) is 2.17. The molecule has 0 heterocycles. The van der Waals surface area contributed by atoms with Crippen LogP contribution in [0, 0.1) is 13.8 Å². The Balaban J connectivity index is 2.30. The quantitative estimate of drug-likeness (QED) is 0.806. The molecule has 0 radical (unpaired) electrons. The van der Waals surface area contributed by atoms with Crippen LogP contribution in [0.25, 0.3) is 0 Å². The molecule has 2 rings (SSSR count). The lowest BCUT2D eigenvalue weighted by molar-refractivity contribution is 0.0993. The van der Waals surface area contributed by atoms with Crippen molar-refractivity contribution in [3.63, 3.8) is 0 Å². The third kappa shape index (κ3) is 3.04. The topological polar surface area (TPSA) is 20.3 Å². The number of rotatable bonds is 2. The van der Waals surface area contributed by atoms with E-state index in [0.717, 1.165) is 21.3 Å². The first-order valence-electron chi connectivity index (χ1n) is 6.10. The molecule has 0 saturated carbocycles. The van der Waals surface area contributed by atoms with Crippen molar-refractivity contribution >= 4 is 27.5 Å². The van der Waals surface area contributed by atoms with Gasteiger partial charge in [-0.05, 0) is 49.7 Å². The van der Waals surface area contributed by atoms with Crippen molar-refractivity contribution in [1.29, 1.82) is 0 Å². The molecule has 1 amide bonds. The van der Waals surface area contributed by atoms with E-state index in [0.29, 0.717) is 5.56 Å². The van der Waals surface area contributed by atoms with Crippen molar-refractivity contribution in [2.24, 2.45) is 0 Å². The fraction of sp³-hybridized carbons (Fsp3) is 0.188. The summed E-state index contributed by atoms with van der Waals surface area (Å²) in [6.45, 7) is 4.00. The zero-order chi connectivity index (χ0) is 14.0. The van der Waals surface area contributed by atoms with E-state index in [1.807, 2.05) is 56.3 Å². The number of nitrogens with zero attached hydrogens (tertiary/aromatic N) is 1. The zero-order valence-electron chi connectivity index (χ0n) is 11.3. The molecule has 0 aliphatic carbocycles. The first-order valence-corrected chi connectivity index (χ1v) is 6.89. The number of hydrogen-bond acceptors (Lipinski definition) is 1.